The molecule has 1 rings (SSSR count). The Bertz CT molecular complexity index is 400. The fraction of sp³-hybridized carbons (Fsp3) is 0.588. The monoisotopic (exact) mass is 277 g/mol. The highest BCUT2D eigenvalue weighted by Gasteiger charge is 2.08. The van der Waals surface area contributed by atoms with E-state index in [9.17, 15) is 4.79 Å². The van der Waals surface area contributed by atoms with E-state index in [1.165, 1.54) is 19.3 Å². The van der Waals surface area contributed by atoms with Crippen LogP contribution in [0.3, 0.4) is 0 Å². The third-order valence-electron chi connectivity index (χ3n) is 3.51. The second kappa shape index (κ2) is 9.40. The smallest absolute Gasteiger partial charge is 0.153 e. The summed E-state index contributed by atoms with van der Waals surface area (Å²) in [5, 5.41) is 0. The van der Waals surface area contributed by atoms with Gasteiger partial charge in [-0.05, 0) is 32.4 Å². The molecule has 0 bridgehead atoms. The van der Waals surface area contributed by atoms with E-state index in [4.69, 9.17) is 4.74 Å². The Morgan fingerprint density at radius 3 is 2.45 bits per heavy atom. The molecule has 0 saturated carbocycles. The molecule has 0 amide bonds. The maximum atomic E-state index is 11.1. The van der Waals surface area contributed by atoms with Gasteiger partial charge in [0.05, 0.1) is 12.2 Å². The van der Waals surface area contributed by atoms with Gasteiger partial charge in [0, 0.05) is 24.8 Å². The second-order valence-corrected chi connectivity index (χ2v) is 4.92. The average Bonchev–Trinajstić information content (AvgIpc) is 2.48. The molecule has 3 heteroatoms. The summed E-state index contributed by atoms with van der Waals surface area (Å²) in [5.74, 6) is 0.709. The average molecular weight is 277 g/mol. The van der Waals surface area contributed by atoms with Gasteiger partial charge in [0.2, 0.25) is 0 Å². The Morgan fingerprint density at radius 1 is 1.10 bits per heavy atom. The van der Waals surface area contributed by atoms with Crippen LogP contribution in [0.2, 0.25) is 0 Å². The highest BCUT2D eigenvalue weighted by Crippen LogP contribution is 2.25. The Labute approximate surface area is 122 Å². The van der Waals surface area contributed by atoms with Crippen molar-refractivity contribution in [2.45, 2.75) is 46.5 Å². The topological polar surface area (TPSA) is 29.5 Å². The first-order valence-electron chi connectivity index (χ1n) is 7.73. The molecule has 0 unspecified atom stereocenters. The van der Waals surface area contributed by atoms with Gasteiger partial charge in [-0.25, -0.2) is 0 Å². The van der Waals surface area contributed by atoms with E-state index in [1.54, 1.807) is 0 Å². The number of carbonyl (C=O) groups excluding carboxylic acids is 1. The Morgan fingerprint density at radius 2 is 1.85 bits per heavy atom. The van der Waals surface area contributed by atoms with Crippen molar-refractivity contribution >= 4 is 12.0 Å². The maximum absolute atomic E-state index is 11.1. The fourth-order valence-electron chi connectivity index (χ4n) is 2.24. The molecule has 0 aliphatic heterocycles. The summed E-state index contributed by atoms with van der Waals surface area (Å²) in [4.78, 5) is 13.3. The normalized spacial score (nSPS) is 10.3. The molecule has 0 aliphatic carbocycles. The third-order valence-corrected chi connectivity index (χ3v) is 3.51. The number of rotatable bonds is 10. The summed E-state index contributed by atoms with van der Waals surface area (Å²) < 4.78 is 5.80. The van der Waals surface area contributed by atoms with Gasteiger partial charge < -0.3 is 9.64 Å². The van der Waals surface area contributed by atoms with E-state index in [1.807, 2.05) is 18.2 Å². The molecule has 3 nitrogen and oxygen atoms in total. The maximum Gasteiger partial charge on any atom is 0.153 e. The standard InChI is InChI=1S/C17H27NO2/c1-4-7-8-9-12-20-17-13-16(18(5-2)6-3)11-10-15(17)14-19/h10-11,13-14H,4-9,12H2,1-3H3. The summed E-state index contributed by atoms with van der Waals surface area (Å²) in [6.07, 6.45) is 5.55. The second-order valence-electron chi connectivity index (χ2n) is 4.92. The van der Waals surface area contributed by atoms with Gasteiger partial charge in [0.1, 0.15) is 5.75 Å². The van der Waals surface area contributed by atoms with Crippen molar-refractivity contribution in [3.63, 3.8) is 0 Å². The van der Waals surface area contributed by atoms with Crippen molar-refractivity contribution in [1.29, 1.82) is 0 Å². The predicted octanol–water partition coefficient (Wildman–Crippen LogP) is 4.30. The summed E-state index contributed by atoms with van der Waals surface area (Å²) in [6, 6.07) is 5.82. The zero-order valence-electron chi connectivity index (χ0n) is 13.0. The minimum Gasteiger partial charge on any atom is -0.493 e. The van der Waals surface area contributed by atoms with Gasteiger partial charge in [0.25, 0.3) is 0 Å². The molecule has 0 aliphatic rings. The molecule has 0 aromatic heterocycles. The molecule has 20 heavy (non-hydrogen) atoms. The lowest BCUT2D eigenvalue weighted by atomic mass is 10.1. The van der Waals surface area contributed by atoms with Crippen molar-refractivity contribution in [2.75, 3.05) is 24.6 Å². The highest BCUT2D eigenvalue weighted by molar-refractivity contribution is 5.80. The number of unbranched alkanes of at least 4 members (excludes halogenated alkanes) is 3. The van der Waals surface area contributed by atoms with Gasteiger partial charge in [-0.2, -0.15) is 0 Å². The predicted molar refractivity (Wildman–Crippen MR) is 85.0 cm³/mol. The summed E-state index contributed by atoms with van der Waals surface area (Å²) in [7, 11) is 0. The van der Waals surface area contributed by atoms with Crippen molar-refractivity contribution in [3.8, 4) is 5.75 Å². The summed E-state index contributed by atoms with van der Waals surface area (Å²) >= 11 is 0. The van der Waals surface area contributed by atoms with Crippen LogP contribution in [0.25, 0.3) is 0 Å². The minimum atomic E-state index is 0.636. The van der Waals surface area contributed by atoms with E-state index >= 15 is 0 Å². The van der Waals surface area contributed by atoms with Gasteiger partial charge in [0.15, 0.2) is 6.29 Å². The summed E-state index contributed by atoms with van der Waals surface area (Å²) in [6.45, 7) is 9.03. The van der Waals surface area contributed by atoms with Crippen LogP contribution < -0.4 is 9.64 Å². The van der Waals surface area contributed by atoms with Crippen LogP contribution in [-0.2, 0) is 0 Å². The van der Waals surface area contributed by atoms with Crippen LogP contribution in [0.1, 0.15) is 56.8 Å². The lowest BCUT2D eigenvalue weighted by Crippen LogP contribution is -2.21. The number of nitrogens with zero attached hydrogens (tertiary/aromatic N) is 1. The van der Waals surface area contributed by atoms with Crippen molar-refractivity contribution in [1.82, 2.24) is 0 Å². The van der Waals surface area contributed by atoms with Crippen LogP contribution in [-0.4, -0.2) is 26.0 Å². The van der Waals surface area contributed by atoms with Crippen LogP contribution in [0.4, 0.5) is 5.69 Å². The molecule has 0 saturated heterocycles. The molecule has 0 N–H and O–H groups in total. The van der Waals surface area contributed by atoms with Crippen molar-refractivity contribution < 1.29 is 9.53 Å². The SMILES string of the molecule is CCCCCCOc1cc(N(CC)CC)ccc1C=O. The van der Waals surface area contributed by atoms with Gasteiger partial charge in [-0.15, -0.1) is 0 Å². The number of aldehydes is 1. The third kappa shape index (κ3) is 4.87. The Kier molecular flexibility index (Phi) is 7.78. The molecule has 0 fully saturated rings. The molecular weight excluding hydrogens is 250 g/mol. The lowest BCUT2D eigenvalue weighted by Gasteiger charge is -2.22. The largest absolute Gasteiger partial charge is 0.493 e. The highest BCUT2D eigenvalue weighted by atomic mass is 16.5. The van der Waals surface area contributed by atoms with Crippen molar-refractivity contribution in [2.24, 2.45) is 0 Å². The van der Waals surface area contributed by atoms with Crippen LogP contribution >= 0.6 is 0 Å². The zero-order chi connectivity index (χ0) is 14.8. The van der Waals surface area contributed by atoms with E-state index in [0.717, 1.165) is 31.5 Å². The first-order valence-corrected chi connectivity index (χ1v) is 7.73. The Balaban J connectivity index is 2.70. The Hall–Kier alpha value is -1.51. The van der Waals surface area contributed by atoms with E-state index in [-0.39, 0.29) is 0 Å². The molecule has 112 valence electrons. The molecule has 1 aromatic carbocycles. The molecule has 0 spiro atoms. The number of benzene rings is 1. The molecule has 0 radical (unpaired) electrons. The van der Waals surface area contributed by atoms with Crippen LogP contribution in [0, 0.1) is 0 Å². The molecule has 0 heterocycles. The van der Waals surface area contributed by atoms with E-state index in [0.29, 0.717) is 17.9 Å². The number of anilines is 1. The van der Waals surface area contributed by atoms with Crippen LogP contribution in [0.15, 0.2) is 18.2 Å². The van der Waals surface area contributed by atoms with E-state index < -0.39 is 0 Å². The van der Waals surface area contributed by atoms with Gasteiger partial charge in [-0.1, -0.05) is 26.2 Å². The quantitative estimate of drug-likeness (QED) is 0.471. The lowest BCUT2D eigenvalue weighted by molar-refractivity contribution is 0.111. The molecular formula is C17H27NO2. The van der Waals surface area contributed by atoms with Gasteiger partial charge >= 0.3 is 0 Å². The molecule has 0 atom stereocenters. The molecule has 1 aromatic rings. The minimum absolute atomic E-state index is 0.636. The zero-order valence-corrected chi connectivity index (χ0v) is 13.0. The van der Waals surface area contributed by atoms with Gasteiger partial charge in [-0.3, -0.25) is 4.79 Å². The first kappa shape index (κ1) is 16.5. The number of hydrogen-bond acceptors (Lipinski definition) is 3. The van der Waals surface area contributed by atoms with Crippen LogP contribution in [0.5, 0.6) is 5.75 Å². The number of hydrogen-bond donors (Lipinski definition) is 0. The van der Waals surface area contributed by atoms with Crippen molar-refractivity contribution in [3.05, 3.63) is 23.8 Å². The first-order chi connectivity index (χ1) is 9.76. The number of ether oxygens (including phenoxy) is 1. The van der Waals surface area contributed by atoms with E-state index in [2.05, 4.69) is 25.7 Å². The summed E-state index contributed by atoms with van der Waals surface area (Å²) in [5.41, 5.74) is 1.75. The fourth-order valence-corrected chi connectivity index (χ4v) is 2.24. The number of carbonyl (C=O) groups is 1.